The SMILES string of the molecule is O=C(Nc1cccc(Cl)c1N1CCOCC1)c1cc(C2CC2)nc2ccccc12. The molecule has 2 fully saturated rings. The molecule has 0 bridgehead atoms. The number of halogens is 1. The van der Waals surface area contributed by atoms with Gasteiger partial charge in [-0.25, -0.2) is 0 Å². The Morgan fingerprint density at radius 1 is 1.10 bits per heavy atom. The summed E-state index contributed by atoms with van der Waals surface area (Å²) in [5, 5.41) is 4.60. The van der Waals surface area contributed by atoms with Crippen LogP contribution in [0.2, 0.25) is 5.02 Å². The average Bonchev–Trinajstić information content (AvgIpc) is 3.59. The lowest BCUT2D eigenvalue weighted by Crippen LogP contribution is -2.37. The Bertz CT molecular complexity index is 1070. The van der Waals surface area contributed by atoms with Crippen molar-refractivity contribution in [3.63, 3.8) is 0 Å². The van der Waals surface area contributed by atoms with Crippen LogP contribution in [-0.2, 0) is 4.74 Å². The number of pyridine rings is 1. The second kappa shape index (κ2) is 7.65. The number of morpholine rings is 1. The summed E-state index contributed by atoms with van der Waals surface area (Å²) in [5.74, 6) is 0.337. The van der Waals surface area contributed by atoms with Crippen LogP contribution in [0.25, 0.3) is 10.9 Å². The maximum atomic E-state index is 13.3. The molecule has 1 N–H and O–H groups in total. The van der Waals surface area contributed by atoms with Gasteiger partial charge in [0, 0.05) is 30.1 Å². The van der Waals surface area contributed by atoms with E-state index in [1.165, 1.54) is 0 Å². The van der Waals surface area contributed by atoms with Crippen LogP contribution in [0.1, 0.15) is 34.8 Å². The molecule has 2 aromatic carbocycles. The van der Waals surface area contributed by atoms with E-state index in [0.717, 1.165) is 53.9 Å². The van der Waals surface area contributed by atoms with Gasteiger partial charge in [0.1, 0.15) is 0 Å². The molecule has 0 spiro atoms. The molecule has 6 heteroatoms. The third-order valence-electron chi connectivity index (χ3n) is 5.54. The number of amides is 1. The molecule has 5 nitrogen and oxygen atoms in total. The number of anilines is 2. The zero-order valence-electron chi connectivity index (χ0n) is 16.0. The highest BCUT2D eigenvalue weighted by Gasteiger charge is 2.27. The third kappa shape index (κ3) is 3.68. The first-order valence-electron chi connectivity index (χ1n) is 10.0. The van der Waals surface area contributed by atoms with Gasteiger partial charge >= 0.3 is 0 Å². The summed E-state index contributed by atoms with van der Waals surface area (Å²) in [6, 6.07) is 15.4. The molecule has 3 aromatic rings. The second-order valence-electron chi connectivity index (χ2n) is 7.58. The third-order valence-corrected chi connectivity index (χ3v) is 5.84. The van der Waals surface area contributed by atoms with Gasteiger partial charge in [0.25, 0.3) is 5.91 Å². The summed E-state index contributed by atoms with van der Waals surface area (Å²) in [4.78, 5) is 20.3. The Hall–Kier alpha value is -2.63. The van der Waals surface area contributed by atoms with Crippen molar-refractivity contribution >= 4 is 39.8 Å². The molecule has 0 radical (unpaired) electrons. The number of nitrogens with one attached hydrogen (secondary N) is 1. The molecule has 1 saturated carbocycles. The molecule has 2 heterocycles. The molecule has 1 aliphatic carbocycles. The summed E-state index contributed by atoms with van der Waals surface area (Å²) in [6.07, 6.45) is 2.28. The molecule has 1 aliphatic heterocycles. The smallest absolute Gasteiger partial charge is 0.256 e. The van der Waals surface area contributed by atoms with Gasteiger partial charge in [-0.3, -0.25) is 9.78 Å². The quantitative estimate of drug-likeness (QED) is 0.671. The van der Waals surface area contributed by atoms with E-state index in [-0.39, 0.29) is 5.91 Å². The van der Waals surface area contributed by atoms with Gasteiger partial charge in [-0.05, 0) is 37.1 Å². The minimum Gasteiger partial charge on any atom is -0.378 e. The van der Waals surface area contributed by atoms with Crippen molar-refractivity contribution in [2.24, 2.45) is 0 Å². The van der Waals surface area contributed by atoms with E-state index < -0.39 is 0 Å². The molecule has 1 aromatic heterocycles. The van der Waals surface area contributed by atoms with E-state index in [0.29, 0.717) is 29.7 Å². The zero-order valence-corrected chi connectivity index (χ0v) is 16.8. The van der Waals surface area contributed by atoms with Gasteiger partial charge in [-0.15, -0.1) is 0 Å². The minimum absolute atomic E-state index is 0.137. The molecule has 148 valence electrons. The van der Waals surface area contributed by atoms with Crippen molar-refractivity contribution in [2.75, 3.05) is 36.5 Å². The first kappa shape index (κ1) is 18.4. The van der Waals surface area contributed by atoms with Gasteiger partial charge in [-0.1, -0.05) is 35.9 Å². The lowest BCUT2D eigenvalue weighted by Gasteiger charge is -2.31. The number of hydrogen-bond acceptors (Lipinski definition) is 4. The molecule has 0 atom stereocenters. The molecule has 2 aliphatic rings. The topological polar surface area (TPSA) is 54.5 Å². The standard InChI is InChI=1S/C23H22ClN3O2/c24-18-5-3-7-20(22(18)27-10-12-29-13-11-27)26-23(28)17-14-21(15-8-9-15)25-19-6-2-1-4-16(17)19/h1-7,14-15H,8-13H2,(H,26,28). The molecule has 1 amide bonds. The summed E-state index contributed by atoms with van der Waals surface area (Å²) in [7, 11) is 0. The Morgan fingerprint density at radius 3 is 2.69 bits per heavy atom. The van der Waals surface area contributed by atoms with E-state index in [1.54, 1.807) is 0 Å². The number of carbonyl (C=O) groups is 1. The summed E-state index contributed by atoms with van der Waals surface area (Å²) in [5.41, 5.74) is 4.10. The average molecular weight is 408 g/mol. The second-order valence-corrected chi connectivity index (χ2v) is 7.98. The Labute approximate surface area is 174 Å². The maximum absolute atomic E-state index is 13.3. The van der Waals surface area contributed by atoms with Gasteiger partial charge in [-0.2, -0.15) is 0 Å². The highest BCUT2D eigenvalue weighted by Crippen LogP contribution is 2.40. The molecular formula is C23H22ClN3O2. The first-order chi connectivity index (χ1) is 14.2. The van der Waals surface area contributed by atoms with Crippen molar-refractivity contribution in [1.82, 2.24) is 4.98 Å². The van der Waals surface area contributed by atoms with Crippen LogP contribution in [-0.4, -0.2) is 37.2 Å². The fourth-order valence-electron chi connectivity index (χ4n) is 3.89. The maximum Gasteiger partial charge on any atom is 0.256 e. The van der Waals surface area contributed by atoms with Crippen LogP contribution < -0.4 is 10.2 Å². The van der Waals surface area contributed by atoms with Gasteiger partial charge in [0.15, 0.2) is 0 Å². The fraction of sp³-hybridized carbons (Fsp3) is 0.304. The number of carbonyl (C=O) groups excluding carboxylic acids is 1. The summed E-state index contributed by atoms with van der Waals surface area (Å²) in [6.45, 7) is 2.80. The van der Waals surface area contributed by atoms with Crippen LogP contribution in [0.15, 0.2) is 48.5 Å². The number of para-hydroxylation sites is 2. The largest absolute Gasteiger partial charge is 0.378 e. The molecule has 0 unspecified atom stereocenters. The number of aromatic nitrogens is 1. The predicted octanol–water partition coefficient (Wildman–Crippen LogP) is 4.85. The Morgan fingerprint density at radius 2 is 1.90 bits per heavy atom. The normalized spacial score (nSPS) is 16.8. The minimum atomic E-state index is -0.137. The Balaban J connectivity index is 1.52. The van der Waals surface area contributed by atoms with Crippen LogP contribution in [0.4, 0.5) is 11.4 Å². The van der Waals surface area contributed by atoms with Gasteiger partial charge in [0.2, 0.25) is 0 Å². The van der Waals surface area contributed by atoms with E-state index >= 15 is 0 Å². The van der Waals surface area contributed by atoms with Crippen molar-refractivity contribution in [2.45, 2.75) is 18.8 Å². The van der Waals surface area contributed by atoms with Crippen molar-refractivity contribution < 1.29 is 9.53 Å². The van der Waals surface area contributed by atoms with Crippen LogP contribution in [0.3, 0.4) is 0 Å². The fourth-order valence-corrected chi connectivity index (χ4v) is 4.18. The first-order valence-corrected chi connectivity index (χ1v) is 10.4. The highest BCUT2D eigenvalue weighted by molar-refractivity contribution is 6.34. The highest BCUT2D eigenvalue weighted by atomic mass is 35.5. The summed E-state index contributed by atoms with van der Waals surface area (Å²) < 4.78 is 5.46. The summed E-state index contributed by atoms with van der Waals surface area (Å²) >= 11 is 6.52. The van der Waals surface area contributed by atoms with E-state index in [9.17, 15) is 4.79 Å². The van der Waals surface area contributed by atoms with Crippen LogP contribution in [0.5, 0.6) is 0 Å². The van der Waals surface area contributed by atoms with E-state index in [2.05, 4.69) is 10.2 Å². The predicted molar refractivity (Wildman–Crippen MR) is 116 cm³/mol. The monoisotopic (exact) mass is 407 g/mol. The van der Waals surface area contributed by atoms with Crippen LogP contribution >= 0.6 is 11.6 Å². The number of ether oxygens (including phenoxy) is 1. The number of benzene rings is 2. The zero-order chi connectivity index (χ0) is 19.8. The van der Waals surface area contributed by atoms with Crippen molar-refractivity contribution in [3.05, 3.63) is 64.8 Å². The van der Waals surface area contributed by atoms with E-state index in [4.69, 9.17) is 21.3 Å². The van der Waals surface area contributed by atoms with Crippen molar-refractivity contribution in [1.29, 1.82) is 0 Å². The lowest BCUT2D eigenvalue weighted by atomic mass is 10.0. The number of hydrogen-bond donors (Lipinski definition) is 1. The molecular weight excluding hydrogens is 386 g/mol. The molecule has 1 saturated heterocycles. The number of rotatable bonds is 4. The van der Waals surface area contributed by atoms with Crippen LogP contribution in [0, 0.1) is 0 Å². The molecule has 5 rings (SSSR count). The van der Waals surface area contributed by atoms with E-state index in [1.807, 2.05) is 48.5 Å². The van der Waals surface area contributed by atoms with Gasteiger partial charge in [0.05, 0.1) is 40.7 Å². The lowest BCUT2D eigenvalue weighted by molar-refractivity contribution is 0.102. The number of nitrogens with zero attached hydrogens (tertiary/aromatic N) is 2. The van der Waals surface area contributed by atoms with Crippen molar-refractivity contribution in [3.8, 4) is 0 Å². The van der Waals surface area contributed by atoms with Gasteiger partial charge < -0.3 is 15.0 Å². The molecule has 29 heavy (non-hydrogen) atoms. The Kier molecular flexibility index (Phi) is 4.86. The number of fused-ring (bicyclic) bond motifs is 1.